The minimum Gasteiger partial charge on any atom is -0.457 e. The van der Waals surface area contributed by atoms with Gasteiger partial charge in [0.25, 0.3) is 0 Å². The number of halogens is 2. The molecule has 4 rings (SSSR count). The molecule has 0 aliphatic carbocycles. The molecule has 4 aromatic rings. The summed E-state index contributed by atoms with van der Waals surface area (Å²) in [6.45, 7) is 0. The van der Waals surface area contributed by atoms with Gasteiger partial charge in [-0.1, -0.05) is 23.9 Å². The van der Waals surface area contributed by atoms with Gasteiger partial charge in [-0.2, -0.15) is 0 Å². The van der Waals surface area contributed by atoms with Gasteiger partial charge in [-0.05, 0) is 72.8 Å². The normalized spacial score (nSPS) is 10.6. The minimum absolute atomic E-state index is 0.334. The number of hydrogen-bond acceptors (Lipinski definition) is 3. The van der Waals surface area contributed by atoms with E-state index in [4.69, 9.17) is 9.47 Å². The van der Waals surface area contributed by atoms with Crippen LogP contribution < -0.4 is 9.47 Å². The Hall–Kier alpha value is -3.31. The molecule has 0 unspecified atom stereocenters. The first-order valence-corrected chi connectivity index (χ1v) is 9.70. The molecule has 0 fully saturated rings. The van der Waals surface area contributed by atoms with Crippen LogP contribution in [0.3, 0.4) is 0 Å². The summed E-state index contributed by atoms with van der Waals surface area (Å²) in [5, 5.41) is 0. The van der Waals surface area contributed by atoms with Crippen LogP contribution in [0, 0.1) is 11.6 Å². The van der Waals surface area contributed by atoms with E-state index in [2.05, 4.69) is 0 Å². The largest absolute Gasteiger partial charge is 0.457 e. The van der Waals surface area contributed by atoms with E-state index in [1.54, 1.807) is 36.0 Å². The predicted octanol–water partition coefficient (Wildman–Crippen LogP) is 7.70. The van der Waals surface area contributed by atoms with Crippen molar-refractivity contribution in [2.45, 2.75) is 9.79 Å². The Kier molecular flexibility index (Phi) is 5.77. The van der Waals surface area contributed by atoms with Crippen molar-refractivity contribution in [2.75, 3.05) is 0 Å². The van der Waals surface area contributed by atoms with Crippen LogP contribution in [0.25, 0.3) is 0 Å². The lowest BCUT2D eigenvalue weighted by atomic mass is 10.3. The van der Waals surface area contributed by atoms with E-state index in [1.807, 2.05) is 48.5 Å². The van der Waals surface area contributed by atoms with Crippen molar-refractivity contribution in [1.82, 2.24) is 0 Å². The van der Waals surface area contributed by atoms with Gasteiger partial charge in [0, 0.05) is 21.9 Å². The zero-order valence-electron chi connectivity index (χ0n) is 15.2. The lowest BCUT2D eigenvalue weighted by molar-refractivity contribution is 0.476. The van der Waals surface area contributed by atoms with Gasteiger partial charge in [-0.3, -0.25) is 0 Å². The third-order valence-electron chi connectivity index (χ3n) is 3.95. The Morgan fingerprint density at radius 3 is 1.28 bits per heavy atom. The van der Waals surface area contributed by atoms with Crippen LogP contribution in [0.1, 0.15) is 0 Å². The fourth-order valence-electron chi connectivity index (χ4n) is 2.62. The molecule has 144 valence electrons. The van der Waals surface area contributed by atoms with Gasteiger partial charge in [0.15, 0.2) is 0 Å². The molecule has 0 N–H and O–H groups in total. The van der Waals surface area contributed by atoms with Crippen LogP contribution in [0.5, 0.6) is 23.0 Å². The monoisotopic (exact) mass is 406 g/mol. The molecule has 0 saturated heterocycles. The van der Waals surface area contributed by atoms with Crippen molar-refractivity contribution in [2.24, 2.45) is 0 Å². The summed E-state index contributed by atoms with van der Waals surface area (Å²) in [4.78, 5) is 2.07. The second kappa shape index (κ2) is 8.80. The SMILES string of the molecule is Fc1cccc(Oc2ccc(Sc3ccc(Oc4cccc(F)c4)cc3)cc2)c1. The Morgan fingerprint density at radius 1 is 0.483 bits per heavy atom. The van der Waals surface area contributed by atoms with Crippen LogP contribution in [0.15, 0.2) is 107 Å². The quantitative estimate of drug-likeness (QED) is 0.327. The summed E-state index contributed by atoms with van der Waals surface area (Å²) in [7, 11) is 0. The lowest BCUT2D eigenvalue weighted by Gasteiger charge is -2.08. The standard InChI is InChI=1S/C24H16F2O2S/c25-17-3-1-5-21(15-17)27-19-7-11-23(12-8-19)29-24-13-9-20(10-14-24)28-22-6-2-4-18(26)16-22/h1-16H. The summed E-state index contributed by atoms with van der Waals surface area (Å²) < 4.78 is 37.8. The van der Waals surface area contributed by atoms with Gasteiger partial charge >= 0.3 is 0 Å². The van der Waals surface area contributed by atoms with Crippen LogP contribution >= 0.6 is 11.8 Å². The molecule has 0 bridgehead atoms. The third kappa shape index (κ3) is 5.36. The van der Waals surface area contributed by atoms with E-state index in [1.165, 1.54) is 24.3 Å². The maximum atomic E-state index is 13.2. The Morgan fingerprint density at radius 2 is 0.897 bits per heavy atom. The second-order valence-corrected chi connectivity index (χ2v) is 7.31. The van der Waals surface area contributed by atoms with E-state index < -0.39 is 0 Å². The second-order valence-electron chi connectivity index (χ2n) is 6.16. The van der Waals surface area contributed by atoms with E-state index >= 15 is 0 Å². The molecule has 0 saturated carbocycles. The Labute approximate surface area is 171 Å². The number of ether oxygens (including phenoxy) is 2. The molecule has 29 heavy (non-hydrogen) atoms. The topological polar surface area (TPSA) is 18.5 Å². The minimum atomic E-state index is -0.334. The summed E-state index contributed by atoms with van der Waals surface area (Å²) in [5.41, 5.74) is 0. The van der Waals surface area contributed by atoms with Crippen molar-refractivity contribution in [1.29, 1.82) is 0 Å². The van der Waals surface area contributed by atoms with Crippen LogP contribution in [-0.2, 0) is 0 Å². The number of benzene rings is 4. The van der Waals surface area contributed by atoms with Crippen LogP contribution in [-0.4, -0.2) is 0 Å². The molecule has 0 spiro atoms. The average molecular weight is 406 g/mol. The maximum Gasteiger partial charge on any atom is 0.130 e. The first kappa shape index (κ1) is 19.0. The molecule has 0 aliphatic heterocycles. The fourth-order valence-corrected chi connectivity index (χ4v) is 3.44. The molecule has 0 radical (unpaired) electrons. The molecule has 5 heteroatoms. The molecule has 0 amide bonds. The molecule has 2 nitrogen and oxygen atoms in total. The highest BCUT2D eigenvalue weighted by atomic mass is 32.2. The summed E-state index contributed by atoms with van der Waals surface area (Å²) in [6, 6.07) is 27.2. The summed E-state index contributed by atoms with van der Waals surface area (Å²) >= 11 is 1.59. The highest BCUT2D eigenvalue weighted by Gasteiger charge is 2.03. The van der Waals surface area contributed by atoms with Gasteiger partial charge in [-0.15, -0.1) is 0 Å². The average Bonchev–Trinajstić information content (AvgIpc) is 2.71. The van der Waals surface area contributed by atoms with Crippen molar-refractivity contribution in [3.63, 3.8) is 0 Å². The van der Waals surface area contributed by atoms with Gasteiger partial charge < -0.3 is 9.47 Å². The summed E-state index contributed by atoms with van der Waals surface area (Å²) in [6.07, 6.45) is 0. The highest BCUT2D eigenvalue weighted by molar-refractivity contribution is 7.99. The fraction of sp³-hybridized carbons (Fsp3) is 0. The van der Waals surface area contributed by atoms with Crippen molar-refractivity contribution in [3.05, 3.63) is 109 Å². The van der Waals surface area contributed by atoms with E-state index in [9.17, 15) is 8.78 Å². The zero-order valence-corrected chi connectivity index (χ0v) is 16.0. The molecule has 0 heterocycles. The molecule has 0 atom stereocenters. The zero-order chi connectivity index (χ0) is 20.1. The molecule has 0 aromatic heterocycles. The lowest BCUT2D eigenvalue weighted by Crippen LogP contribution is -1.85. The number of hydrogen-bond donors (Lipinski definition) is 0. The molecular weight excluding hydrogens is 390 g/mol. The first-order chi connectivity index (χ1) is 14.1. The van der Waals surface area contributed by atoms with Gasteiger partial charge in [0.2, 0.25) is 0 Å². The maximum absolute atomic E-state index is 13.2. The van der Waals surface area contributed by atoms with E-state index in [0.717, 1.165) is 9.79 Å². The van der Waals surface area contributed by atoms with Crippen LogP contribution in [0.2, 0.25) is 0 Å². The van der Waals surface area contributed by atoms with Crippen molar-refractivity contribution in [3.8, 4) is 23.0 Å². The number of rotatable bonds is 6. The smallest absolute Gasteiger partial charge is 0.130 e. The van der Waals surface area contributed by atoms with E-state index in [-0.39, 0.29) is 11.6 Å². The molecule has 0 aliphatic rings. The van der Waals surface area contributed by atoms with Crippen LogP contribution in [0.4, 0.5) is 8.78 Å². The van der Waals surface area contributed by atoms with E-state index in [0.29, 0.717) is 23.0 Å². The Balaban J connectivity index is 1.37. The van der Waals surface area contributed by atoms with Gasteiger partial charge in [-0.25, -0.2) is 8.78 Å². The molecular formula is C24H16F2O2S. The first-order valence-electron chi connectivity index (χ1n) is 8.89. The van der Waals surface area contributed by atoms with Gasteiger partial charge in [0.05, 0.1) is 0 Å². The highest BCUT2D eigenvalue weighted by Crippen LogP contribution is 2.32. The van der Waals surface area contributed by atoms with Crippen molar-refractivity contribution >= 4 is 11.8 Å². The predicted molar refractivity (Wildman–Crippen MR) is 110 cm³/mol. The summed E-state index contributed by atoms with van der Waals surface area (Å²) in [5.74, 6) is 1.52. The Bertz CT molecular complexity index is 1010. The van der Waals surface area contributed by atoms with Crippen molar-refractivity contribution < 1.29 is 18.3 Å². The molecule has 4 aromatic carbocycles. The third-order valence-corrected chi connectivity index (χ3v) is 4.96. The van der Waals surface area contributed by atoms with Gasteiger partial charge in [0.1, 0.15) is 34.6 Å².